The van der Waals surface area contributed by atoms with E-state index >= 15 is 0 Å². The van der Waals surface area contributed by atoms with Crippen LogP contribution >= 0.6 is 27.3 Å². The van der Waals surface area contributed by atoms with E-state index in [-0.39, 0.29) is 11.1 Å². The van der Waals surface area contributed by atoms with E-state index in [1.165, 1.54) is 11.3 Å². The average molecular weight is 437 g/mol. The number of hydrogen-bond acceptors (Lipinski definition) is 3. The van der Waals surface area contributed by atoms with Gasteiger partial charge in [0.15, 0.2) is 0 Å². The summed E-state index contributed by atoms with van der Waals surface area (Å²) in [6.45, 7) is 8.03. The van der Waals surface area contributed by atoms with E-state index < -0.39 is 0 Å². The van der Waals surface area contributed by atoms with E-state index in [9.17, 15) is 9.59 Å². The van der Waals surface area contributed by atoms with Gasteiger partial charge in [-0.25, -0.2) is 0 Å². The third kappa shape index (κ3) is 3.58. The highest BCUT2D eigenvalue weighted by atomic mass is 79.9. The molecule has 0 fully saturated rings. The highest BCUT2D eigenvalue weighted by Gasteiger charge is 2.16. The predicted octanol–water partition coefficient (Wildman–Crippen LogP) is 5.02. The van der Waals surface area contributed by atoms with Crippen LogP contribution in [0, 0.1) is 6.92 Å². The molecule has 0 aliphatic carbocycles. The first-order chi connectivity index (χ1) is 12.3. The number of hydrogen-bond donors (Lipinski definition) is 0. The Kier molecular flexibility index (Phi) is 6.64. The molecule has 3 rings (SSSR count). The largest absolute Gasteiger partial charge is 0.310 e. The number of halogens is 1. The summed E-state index contributed by atoms with van der Waals surface area (Å²) in [6.07, 6.45) is 1.62. The standard InChI is InChI=1S/C18H19BrN2O2S.C2H6/c1-5-6-11-8-13-14(20(3)17(11)22)9-12(18(23)21(13)4)16-10(2)7-15(19)24-16;1-2/h7-9H,5-6H2,1-4H3;1-2H3. The number of pyridine rings is 2. The van der Waals surface area contributed by atoms with Crippen LogP contribution in [0.25, 0.3) is 21.5 Å². The lowest BCUT2D eigenvalue weighted by molar-refractivity contribution is 0.822. The van der Waals surface area contributed by atoms with Crippen molar-refractivity contribution in [2.24, 2.45) is 14.1 Å². The zero-order valence-electron chi connectivity index (χ0n) is 16.1. The van der Waals surface area contributed by atoms with Gasteiger partial charge >= 0.3 is 0 Å². The van der Waals surface area contributed by atoms with E-state index in [0.717, 1.165) is 43.7 Å². The van der Waals surface area contributed by atoms with Gasteiger partial charge in [0.25, 0.3) is 11.1 Å². The van der Waals surface area contributed by atoms with Crippen LogP contribution < -0.4 is 11.1 Å². The van der Waals surface area contributed by atoms with Gasteiger partial charge in [-0.15, -0.1) is 11.3 Å². The molecule has 0 aromatic carbocycles. The minimum Gasteiger partial charge on any atom is -0.310 e. The second-order valence-corrected chi connectivity index (χ2v) is 8.47. The fourth-order valence-corrected chi connectivity index (χ4v) is 4.78. The van der Waals surface area contributed by atoms with Gasteiger partial charge in [-0.2, -0.15) is 0 Å². The van der Waals surface area contributed by atoms with E-state index in [1.54, 1.807) is 23.2 Å². The Bertz CT molecular complexity index is 1060. The smallest absolute Gasteiger partial charge is 0.259 e. The summed E-state index contributed by atoms with van der Waals surface area (Å²) in [5.41, 5.74) is 3.99. The number of aromatic nitrogens is 2. The Morgan fingerprint density at radius 2 is 1.58 bits per heavy atom. The Hall–Kier alpha value is -1.66. The second-order valence-electron chi connectivity index (χ2n) is 6.04. The SMILES string of the molecule is CC.CCCc1cc2c(cc(-c3sc(Br)cc3C)c(=O)n2C)n(C)c1=O. The first-order valence-corrected chi connectivity index (χ1v) is 10.4. The monoisotopic (exact) mass is 436 g/mol. The van der Waals surface area contributed by atoms with Crippen molar-refractivity contribution >= 4 is 38.3 Å². The molecule has 4 nitrogen and oxygen atoms in total. The minimum atomic E-state index is -0.0407. The molecule has 0 amide bonds. The van der Waals surface area contributed by atoms with E-state index in [2.05, 4.69) is 15.9 Å². The zero-order chi connectivity index (χ0) is 19.6. The highest BCUT2D eigenvalue weighted by Crippen LogP contribution is 2.34. The van der Waals surface area contributed by atoms with Crippen LogP contribution in [0.3, 0.4) is 0 Å². The third-order valence-electron chi connectivity index (χ3n) is 4.34. The maximum Gasteiger partial charge on any atom is 0.259 e. The van der Waals surface area contributed by atoms with Gasteiger partial charge in [0, 0.05) is 24.5 Å². The van der Waals surface area contributed by atoms with Crippen molar-refractivity contribution < 1.29 is 0 Å². The van der Waals surface area contributed by atoms with Crippen molar-refractivity contribution in [3.63, 3.8) is 0 Å². The Morgan fingerprint density at radius 3 is 2.12 bits per heavy atom. The first-order valence-electron chi connectivity index (χ1n) is 8.84. The van der Waals surface area contributed by atoms with Crippen molar-refractivity contribution in [2.45, 2.75) is 40.5 Å². The van der Waals surface area contributed by atoms with Gasteiger partial charge in [-0.3, -0.25) is 9.59 Å². The van der Waals surface area contributed by atoms with E-state index in [0.29, 0.717) is 5.56 Å². The molecule has 0 atom stereocenters. The van der Waals surface area contributed by atoms with Gasteiger partial charge in [-0.05, 0) is 53.0 Å². The quantitative estimate of drug-likeness (QED) is 0.578. The molecular formula is C20H25BrN2O2S. The Labute approximate surface area is 166 Å². The van der Waals surface area contributed by atoms with Crippen LogP contribution in [-0.2, 0) is 20.5 Å². The fraction of sp³-hybridized carbons (Fsp3) is 0.400. The molecule has 0 spiro atoms. The summed E-state index contributed by atoms with van der Waals surface area (Å²) < 4.78 is 4.29. The van der Waals surface area contributed by atoms with Gasteiger partial charge in [0.2, 0.25) is 0 Å². The molecule has 0 bridgehead atoms. The molecule has 3 heterocycles. The van der Waals surface area contributed by atoms with Crippen LogP contribution in [0.5, 0.6) is 0 Å². The summed E-state index contributed by atoms with van der Waals surface area (Å²) in [5.74, 6) is 0. The average Bonchev–Trinajstić information content (AvgIpc) is 2.96. The molecule has 0 radical (unpaired) electrons. The maximum absolute atomic E-state index is 12.9. The molecule has 0 unspecified atom stereocenters. The molecule has 6 heteroatoms. The minimum absolute atomic E-state index is 0.0121. The van der Waals surface area contributed by atoms with E-state index in [4.69, 9.17) is 0 Å². The van der Waals surface area contributed by atoms with E-state index in [1.807, 2.05) is 45.9 Å². The lowest BCUT2D eigenvalue weighted by atomic mass is 10.1. The summed E-state index contributed by atoms with van der Waals surface area (Å²) in [7, 11) is 3.54. The third-order valence-corrected chi connectivity index (χ3v) is 6.12. The Morgan fingerprint density at radius 1 is 1.00 bits per heavy atom. The second kappa shape index (κ2) is 8.35. The number of rotatable bonds is 3. The number of thiophene rings is 1. The van der Waals surface area contributed by atoms with Gasteiger partial charge in [-0.1, -0.05) is 27.2 Å². The molecule has 0 saturated heterocycles. The summed E-state index contributed by atoms with van der Waals surface area (Å²) >= 11 is 5.02. The number of fused-ring (bicyclic) bond motifs is 1. The van der Waals surface area contributed by atoms with Gasteiger partial charge < -0.3 is 9.13 Å². The summed E-state index contributed by atoms with van der Waals surface area (Å²) in [5, 5.41) is 0. The van der Waals surface area contributed by atoms with Crippen molar-refractivity contribution in [2.75, 3.05) is 0 Å². The molecule has 0 N–H and O–H groups in total. The van der Waals surface area contributed by atoms with Crippen molar-refractivity contribution in [1.29, 1.82) is 0 Å². The molecule has 3 aromatic heterocycles. The number of aryl methyl sites for hydroxylation is 4. The van der Waals surface area contributed by atoms with Gasteiger partial charge in [0.05, 0.1) is 20.4 Å². The lowest BCUT2D eigenvalue weighted by Gasteiger charge is -2.13. The van der Waals surface area contributed by atoms with Crippen LogP contribution in [-0.4, -0.2) is 9.13 Å². The molecule has 0 aliphatic heterocycles. The van der Waals surface area contributed by atoms with Crippen LogP contribution in [0.2, 0.25) is 0 Å². The zero-order valence-corrected chi connectivity index (χ0v) is 18.5. The normalized spacial score (nSPS) is 10.7. The fourth-order valence-electron chi connectivity index (χ4n) is 3.05. The Balaban J connectivity index is 0.00000117. The van der Waals surface area contributed by atoms with Crippen LogP contribution in [0.4, 0.5) is 0 Å². The number of nitrogens with zero attached hydrogens (tertiary/aromatic N) is 2. The molecule has 0 saturated carbocycles. The first kappa shape index (κ1) is 20.6. The molecule has 0 aliphatic rings. The molecular weight excluding hydrogens is 412 g/mol. The lowest BCUT2D eigenvalue weighted by Crippen LogP contribution is -2.26. The maximum atomic E-state index is 12.9. The topological polar surface area (TPSA) is 44.0 Å². The van der Waals surface area contributed by atoms with Gasteiger partial charge in [0.1, 0.15) is 0 Å². The van der Waals surface area contributed by atoms with Crippen molar-refractivity contribution in [3.8, 4) is 10.4 Å². The van der Waals surface area contributed by atoms with Crippen LogP contribution in [0.1, 0.15) is 38.3 Å². The highest BCUT2D eigenvalue weighted by molar-refractivity contribution is 9.11. The van der Waals surface area contributed by atoms with Crippen LogP contribution in [0.15, 0.2) is 31.6 Å². The predicted molar refractivity (Wildman–Crippen MR) is 116 cm³/mol. The van der Waals surface area contributed by atoms with Crippen molar-refractivity contribution in [1.82, 2.24) is 9.13 Å². The summed E-state index contributed by atoms with van der Waals surface area (Å²) in [4.78, 5) is 26.4. The van der Waals surface area contributed by atoms with Crippen molar-refractivity contribution in [3.05, 3.63) is 53.8 Å². The molecule has 3 aromatic rings. The molecule has 140 valence electrons. The molecule has 26 heavy (non-hydrogen) atoms. The summed E-state index contributed by atoms with van der Waals surface area (Å²) in [6, 6.07) is 5.72.